The normalized spacial score (nSPS) is 18.7. The summed E-state index contributed by atoms with van der Waals surface area (Å²) in [7, 11) is 3.08. The lowest BCUT2D eigenvalue weighted by Crippen LogP contribution is -2.40. The van der Waals surface area contributed by atoms with Crippen molar-refractivity contribution in [3.05, 3.63) is 54.1 Å². The lowest BCUT2D eigenvalue weighted by molar-refractivity contribution is -0.151. The Balaban J connectivity index is 1.80. The average molecular weight is 384 g/mol. The lowest BCUT2D eigenvalue weighted by atomic mass is 9.88. The molecular formula is C21H24N2O5. The van der Waals surface area contributed by atoms with Gasteiger partial charge in [0.25, 0.3) is 5.91 Å². The number of carboxylic acids is 1. The van der Waals surface area contributed by atoms with E-state index in [-0.39, 0.29) is 19.1 Å². The summed E-state index contributed by atoms with van der Waals surface area (Å²) in [5.74, 6) is -0.389. The van der Waals surface area contributed by atoms with Crippen LogP contribution >= 0.6 is 0 Å². The van der Waals surface area contributed by atoms with Crippen LogP contribution in [0.5, 0.6) is 5.75 Å². The number of anilines is 2. The summed E-state index contributed by atoms with van der Waals surface area (Å²) in [4.78, 5) is 26.4. The number of ether oxygens (including phenoxy) is 2. The van der Waals surface area contributed by atoms with E-state index in [1.807, 2.05) is 36.4 Å². The predicted molar refractivity (Wildman–Crippen MR) is 105 cm³/mol. The summed E-state index contributed by atoms with van der Waals surface area (Å²) in [6.07, 6.45) is 0.371. The lowest BCUT2D eigenvalue weighted by Gasteiger charge is -2.24. The number of para-hydroxylation sites is 1. The van der Waals surface area contributed by atoms with Crippen molar-refractivity contribution in [3.8, 4) is 5.75 Å². The smallest absolute Gasteiger partial charge is 0.313 e. The van der Waals surface area contributed by atoms with Gasteiger partial charge in [-0.25, -0.2) is 0 Å². The first-order valence-corrected chi connectivity index (χ1v) is 9.01. The SMILES string of the molecule is COCC1(C(=O)O)CCN(C(=O)c2ccccc2Nc2ccc(OC)cc2)C1. The number of hydrogen-bond donors (Lipinski definition) is 2. The van der Waals surface area contributed by atoms with Gasteiger partial charge in [-0.3, -0.25) is 9.59 Å². The van der Waals surface area contributed by atoms with E-state index in [0.29, 0.717) is 24.2 Å². The largest absolute Gasteiger partial charge is 0.497 e. The average Bonchev–Trinajstić information content (AvgIpc) is 3.14. The Morgan fingerprint density at radius 1 is 1.14 bits per heavy atom. The maximum atomic E-state index is 13.1. The van der Waals surface area contributed by atoms with E-state index < -0.39 is 11.4 Å². The third-order valence-corrected chi connectivity index (χ3v) is 5.04. The van der Waals surface area contributed by atoms with E-state index in [4.69, 9.17) is 9.47 Å². The molecule has 1 aliphatic heterocycles. The molecular weight excluding hydrogens is 360 g/mol. The minimum atomic E-state index is -1.05. The molecule has 3 rings (SSSR count). The quantitative estimate of drug-likeness (QED) is 0.763. The molecule has 2 N–H and O–H groups in total. The second-order valence-electron chi connectivity index (χ2n) is 6.89. The van der Waals surface area contributed by atoms with Crippen LogP contribution < -0.4 is 10.1 Å². The van der Waals surface area contributed by atoms with Gasteiger partial charge in [-0.1, -0.05) is 12.1 Å². The zero-order valence-corrected chi connectivity index (χ0v) is 16.0. The van der Waals surface area contributed by atoms with Gasteiger partial charge in [0, 0.05) is 25.9 Å². The van der Waals surface area contributed by atoms with Crippen molar-refractivity contribution in [1.29, 1.82) is 0 Å². The Morgan fingerprint density at radius 3 is 2.50 bits per heavy atom. The molecule has 1 saturated heterocycles. The standard InChI is InChI=1S/C21H24N2O5/c1-27-14-21(20(25)26)11-12-23(13-21)19(24)17-5-3-4-6-18(17)22-15-7-9-16(28-2)10-8-15/h3-10,22H,11-14H2,1-2H3,(H,25,26). The number of rotatable bonds is 7. The van der Waals surface area contributed by atoms with E-state index in [1.54, 1.807) is 24.1 Å². The highest BCUT2D eigenvalue weighted by atomic mass is 16.5. The van der Waals surface area contributed by atoms with Crippen molar-refractivity contribution in [2.45, 2.75) is 6.42 Å². The summed E-state index contributed by atoms with van der Waals surface area (Å²) in [6, 6.07) is 14.6. The van der Waals surface area contributed by atoms with Crippen molar-refractivity contribution >= 4 is 23.3 Å². The van der Waals surface area contributed by atoms with Crippen LogP contribution in [0, 0.1) is 5.41 Å². The highest BCUT2D eigenvalue weighted by Gasteiger charge is 2.46. The van der Waals surface area contributed by atoms with Crippen molar-refractivity contribution in [2.24, 2.45) is 5.41 Å². The van der Waals surface area contributed by atoms with Crippen molar-refractivity contribution in [2.75, 3.05) is 39.2 Å². The van der Waals surface area contributed by atoms with E-state index in [0.717, 1.165) is 11.4 Å². The van der Waals surface area contributed by atoms with E-state index in [2.05, 4.69) is 5.32 Å². The zero-order chi connectivity index (χ0) is 20.1. The predicted octanol–water partition coefficient (Wildman–Crippen LogP) is 3.00. The first-order chi connectivity index (χ1) is 13.5. The molecule has 148 valence electrons. The van der Waals surface area contributed by atoms with Crippen LogP contribution in [0.1, 0.15) is 16.8 Å². The molecule has 2 aromatic carbocycles. The van der Waals surface area contributed by atoms with Crippen molar-refractivity contribution in [3.63, 3.8) is 0 Å². The molecule has 0 spiro atoms. The monoisotopic (exact) mass is 384 g/mol. The van der Waals surface area contributed by atoms with Gasteiger partial charge >= 0.3 is 5.97 Å². The van der Waals surface area contributed by atoms with Gasteiger partial charge in [0.1, 0.15) is 11.2 Å². The number of carbonyl (C=O) groups is 2. The van der Waals surface area contributed by atoms with Gasteiger partial charge in [-0.2, -0.15) is 0 Å². The molecule has 1 heterocycles. The Kier molecular flexibility index (Phi) is 5.84. The summed E-state index contributed by atoms with van der Waals surface area (Å²) < 4.78 is 10.3. The highest BCUT2D eigenvalue weighted by Crippen LogP contribution is 2.33. The van der Waals surface area contributed by atoms with Crippen LogP contribution in [0.2, 0.25) is 0 Å². The molecule has 1 fully saturated rings. The number of amides is 1. The Labute approximate surface area is 163 Å². The molecule has 1 amide bonds. The summed E-state index contributed by atoms with van der Waals surface area (Å²) in [5.41, 5.74) is 0.929. The highest BCUT2D eigenvalue weighted by molar-refractivity contribution is 6.00. The molecule has 28 heavy (non-hydrogen) atoms. The molecule has 0 aliphatic carbocycles. The second kappa shape index (κ2) is 8.31. The molecule has 1 atom stereocenters. The molecule has 2 aromatic rings. The van der Waals surface area contributed by atoms with Crippen LogP contribution in [0.15, 0.2) is 48.5 Å². The van der Waals surface area contributed by atoms with Crippen molar-refractivity contribution < 1.29 is 24.2 Å². The Hall–Kier alpha value is -3.06. The fraction of sp³-hybridized carbons (Fsp3) is 0.333. The number of hydrogen-bond acceptors (Lipinski definition) is 5. The second-order valence-corrected chi connectivity index (χ2v) is 6.89. The first kappa shape index (κ1) is 19.7. The number of likely N-dealkylation sites (tertiary alicyclic amines) is 1. The molecule has 0 bridgehead atoms. The zero-order valence-electron chi connectivity index (χ0n) is 16.0. The van der Waals surface area contributed by atoms with Gasteiger partial charge in [-0.15, -0.1) is 0 Å². The maximum Gasteiger partial charge on any atom is 0.313 e. The molecule has 0 aromatic heterocycles. The third kappa shape index (κ3) is 3.94. The number of carbonyl (C=O) groups excluding carboxylic acids is 1. The molecule has 0 radical (unpaired) electrons. The summed E-state index contributed by atoms with van der Waals surface area (Å²) in [5, 5.41) is 12.9. The van der Waals surface area contributed by atoms with Crippen LogP contribution in [-0.2, 0) is 9.53 Å². The molecule has 0 saturated carbocycles. The van der Waals surface area contributed by atoms with Gasteiger partial charge in [0.15, 0.2) is 0 Å². The van der Waals surface area contributed by atoms with Crippen LogP contribution in [-0.4, -0.2) is 55.8 Å². The maximum absolute atomic E-state index is 13.1. The number of nitrogens with zero attached hydrogens (tertiary/aromatic N) is 1. The van der Waals surface area contributed by atoms with Crippen molar-refractivity contribution in [1.82, 2.24) is 4.90 Å². The van der Waals surface area contributed by atoms with E-state index in [1.165, 1.54) is 7.11 Å². The topological polar surface area (TPSA) is 88.1 Å². The third-order valence-electron chi connectivity index (χ3n) is 5.04. The number of benzene rings is 2. The summed E-state index contributed by atoms with van der Waals surface area (Å²) in [6.45, 7) is 0.592. The summed E-state index contributed by atoms with van der Waals surface area (Å²) >= 11 is 0. The Bertz CT molecular complexity index is 852. The van der Waals surface area contributed by atoms with Crippen LogP contribution in [0.3, 0.4) is 0 Å². The first-order valence-electron chi connectivity index (χ1n) is 9.01. The van der Waals surface area contributed by atoms with E-state index >= 15 is 0 Å². The van der Waals surface area contributed by atoms with Crippen LogP contribution in [0.25, 0.3) is 0 Å². The van der Waals surface area contributed by atoms with Crippen LogP contribution in [0.4, 0.5) is 11.4 Å². The Morgan fingerprint density at radius 2 is 1.86 bits per heavy atom. The molecule has 1 aliphatic rings. The fourth-order valence-corrected chi connectivity index (χ4v) is 3.46. The molecule has 7 nitrogen and oxygen atoms in total. The minimum Gasteiger partial charge on any atom is -0.497 e. The molecule has 1 unspecified atom stereocenters. The minimum absolute atomic E-state index is 0.0812. The van der Waals surface area contributed by atoms with E-state index in [9.17, 15) is 14.7 Å². The van der Waals surface area contributed by atoms with Gasteiger partial charge in [0.2, 0.25) is 0 Å². The van der Waals surface area contributed by atoms with Gasteiger partial charge in [0.05, 0.1) is 25.0 Å². The van der Waals surface area contributed by atoms with Gasteiger partial charge < -0.3 is 24.8 Å². The number of carboxylic acid groups (broad SMARTS) is 1. The number of aliphatic carboxylic acids is 1. The number of methoxy groups -OCH3 is 2. The number of nitrogens with one attached hydrogen (secondary N) is 1. The molecule has 7 heteroatoms. The van der Waals surface area contributed by atoms with Gasteiger partial charge in [-0.05, 0) is 42.8 Å². The fourth-order valence-electron chi connectivity index (χ4n) is 3.46.